The van der Waals surface area contributed by atoms with Crippen LogP contribution in [0.3, 0.4) is 0 Å². The van der Waals surface area contributed by atoms with Gasteiger partial charge in [0, 0.05) is 6.07 Å². The summed E-state index contributed by atoms with van der Waals surface area (Å²) in [5, 5.41) is 15.0. The Morgan fingerprint density at radius 1 is 1.55 bits per heavy atom. The lowest BCUT2D eigenvalue weighted by Gasteiger charge is -1.92. The van der Waals surface area contributed by atoms with E-state index < -0.39 is 0 Å². The zero-order chi connectivity index (χ0) is 7.84. The number of rotatable bonds is 0. The first-order valence-electron chi connectivity index (χ1n) is 3.04. The molecule has 0 saturated carbocycles. The molecule has 0 aromatic heterocycles. The Labute approximate surface area is 61.2 Å². The van der Waals surface area contributed by atoms with Crippen molar-refractivity contribution in [2.75, 3.05) is 0 Å². The molecule has 2 aliphatic rings. The first-order chi connectivity index (χ1) is 5.27. The molecule has 0 atom stereocenters. The molecule has 0 amide bonds. The largest absolute Gasteiger partial charge is 0.412 e. The average Bonchev–Trinajstić information content (AvgIpc) is 2.33. The summed E-state index contributed by atoms with van der Waals surface area (Å²) >= 11 is 0. The van der Waals surface area contributed by atoms with E-state index in [1.807, 2.05) is 0 Å². The third-order valence-electron chi connectivity index (χ3n) is 1.44. The molecule has 0 bridgehead atoms. The molecule has 5 nitrogen and oxygen atoms in total. The van der Waals surface area contributed by atoms with E-state index in [1.165, 1.54) is 12.1 Å². The fourth-order valence-electron chi connectivity index (χ4n) is 0.923. The highest BCUT2D eigenvalue weighted by atomic mass is 16.5. The van der Waals surface area contributed by atoms with E-state index in [0.29, 0.717) is 16.2 Å². The Morgan fingerprint density at radius 2 is 2.36 bits per heavy atom. The highest BCUT2D eigenvalue weighted by Crippen LogP contribution is 2.12. The zero-order valence-corrected chi connectivity index (χ0v) is 5.48. The van der Waals surface area contributed by atoms with Gasteiger partial charge in [-0.1, -0.05) is 0 Å². The maximum atomic E-state index is 10.8. The Bertz CT molecular complexity index is 403. The monoisotopic (exact) mass is 151 g/mol. The van der Waals surface area contributed by atoms with E-state index in [0.717, 1.165) is 0 Å². The predicted octanol–water partition coefficient (Wildman–Crippen LogP) is -0.0865. The Balaban J connectivity index is 2.86. The van der Waals surface area contributed by atoms with Gasteiger partial charge < -0.3 is 5.21 Å². The molecule has 0 aromatic rings. The Morgan fingerprint density at radius 3 is 3.18 bits per heavy atom. The minimum absolute atomic E-state index is 0.151. The van der Waals surface area contributed by atoms with Crippen LogP contribution in [-0.4, -0.2) is 20.4 Å². The standard InChI is InChI=1S/C6H5N3O2/c10-4-1-2-5-6(3-4)9(11)8-7-5/h1-3,8,11H. The highest BCUT2D eigenvalue weighted by molar-refractivity contribution is 5.54. The number of nitrogens with one attached hydrogen (secondary N) is 1. The van der Waals surface area contributed by atoms with Crippen molar-refractivity contribution < 1.29 is 5.21 Å². The van der Waals surface area contributed by atoms with Crippen molar-refractivity contribution in [1.29, 1.82) is 0 Å². The summed E-state index contributed by atoms with van der Waals surface area (Å²) in [6.45, 7) is 0. The van der Waals surface area contributed by atoms with E-state index >= 15 is 0 Å². The van der Waals surface area contributed by atoms with Gasteiger partial charge in [0.15, 0.2) is 5.43 Å². The van der Waals surface area contributed by atoms with Gasteiger partial charge in [-0.15, -0.1) is 4.85 Å². The fraction of sp³-hybridized carbons (Fsp3) is 0. The van der Waals surface area contributed by atoms with Gasteiger partial charge >= 0.3 is 0 Å². The maximum absolute atomic E-state index is 10.8. The number of H-pyrrole nitrogens is 1. The molecular formula is C6H5N3O2. The minimum Gasteiger partial charge on any atom is -0.412 e. The van der Waals surface area contributed by atoms with Crippen molar-refractivity contribution in [2.45, 2.75) is 0 Å². The van der Waals surface area contributed by atoms with Crippen LogP contribution in [-0.2, 0) is 0 Å². The van der Waals surface area contributed by atoms with Gasteiger partial charge in [-0.3, -0.25) is 4.79 Å². The van der Waals surface area contributed by atoms with Crippen LogP contribution < -0.4 is 5.43 Å². The molecule has 11 heavy (non-hydrogen) atoms. The van der Waals surface area contributed by atoms with Crippen LogP contribution in [0.2, 0.25) is 0 Å². The number of hydrogen-bond donors (Lipinski definition) is 2. The summed E-state index contributed by atoms with van der Waals surface area (Å²) < 4.78 is 0. The smallest absolute Gasteiger partial charge is 0.181 e. The Kier molecular flexibility index (Phi) is 1.00. The van der Waals surface area contributed by atoms with Crippen molar-refractivity contribution in [2.24, 2.45) is 0 Å². The van der Waals surface area contributed by atoms with Gasteiger partial charge in [0.05, 0.1) is 0 Å². The van der Waals surface area contributed by atoms with Gasteiger partial charge in [0.2, 0.25) is 0 Å². The summed E-state index contributed by atoms with van der Waals surface area (Å²) in [6.07, 6.45) is 0. The number of benzene rings is 1. The lowest BCUT2D eigenvalue weighted by molar-refractivity contribution is 0.148. The fourth-order valence-corrected chi connectivity index (χ4v) is 0.923. The molecular weight excluding hydrogens is 146 g/mol. The molecule has 5 heteroatoms. The van der Waals surface area contributed by atoms with Crippen molar-refractivity contribution >= 4 is 0 Å². The first-order valence-corrected chi connectivity index (χ1v) is 3.04. The van der Waals surface area contributed by atoms with Crippen molar-refractivity contribution in [3.05, 3.63) is 28.4 Å². The number of hydrogen-bond acceptors (Lipinski definition) is 3. The molecule has 0 saturated heterocycles. The molecule has 0 fully saturated rings. The van der Waals surface area contributed by atoms with E-state index in [2.05, 4.69) is 10.3 Å². The minimum atomic E-state index is -0.151. The lowest BCUT2D eigenvalue weighted by atomic mass is 10.2. The van der Waals surface area contributed by atoms with Crippen LogP contribution in [0, 0.1) is 0 Å². The quantitative estimate of drug-likeness (QED) is 0.517. The van der Waals surface area contributed by atoms with Crippen LogP contribution in [0.1, 0.15) is 0 Å². The van der Waals surface area contributed by atoms with Gasteiger partial charge in [0.1, 0.15) is 11.4 Å². The third-order valence-corrected chi connectivity index (χ3v) is 1.44. The summed E-state index contributed by atoms with van der Waals surface area (Å²) in [5.74, 6) is 0. The van der Waals surface area contributed by atoms with Crippen LogP contribution in [0.15, 0.2) is 23.0 Å². The molecule has 2 rings (SSSR count). The molecule has 0 spiro atoms. The summed E-state index contributed by atoms with van der Waals surface area (Å²) in [7, 11) is 0. The van der Waals surface area contributed by atoms with Gasteiger partial charge in [0.25, 0.3) is 0 Å². The second-order valence-electron chi connectivity index (χ2n) is 2.17. The maximum Gasteiger partial charge on any atom is 0.181 e. The van der Waals surface area contributed by atoms with Crippen LogP contribution in [0.4, 0.5) is 0 Å². The summed E-state index contributed by atoms with van der Waals surface area (Å²) in [5.41, 5.74) is 0.798. The topological polar surface area (TPSA) is 70.9 Å². The van der Waals surface area contributed by atoms with Gasteiger partial charge in [-0.25, -0.2) is 0 Å². The number of aromatic nitrogens is 3. The normalized spacial score (nSPS) is 10.5. The molecule has 1 aliphatic carbocycles. The van der Waals surface area contributed by atoms with E-state index in [-0.39, 0.29) is 5.43 Å². The molecule has 1 heterocycles. The van der Waals surface area contributed by atoms with E-state index in [1.54, 1.807) is 6.07 Å². The van der Waals surface area contributed by atoms with Crippen molar-refractivity contribution in [1.82, 2.24) is 15.2 Å². The second kappa shape index (κ2) is 1.85. The van der Waals surface area contributed by atoms with Crippen LogP contribution >= 0.6 is 0 Å². The Hall–Kier alpha value is -1.78. The third kappa shape index (κ3) is 0.778. The molecule has 1 aliphatic heterocycles. The number of nitrogens with zero attached hydrogens (tertiary/aromatic N) is 2. The second-order valence-corrected chi connectivity index (χ2v) is 2.17. The lowest BCUT2D eigenvalue weighted by Crippen LogP contribution is -2.01. The van der Waals surface area contributed by atoms with Crippen molar-refractivity contribution in [3.8, 4) is 11.4 Å². The number of fused-ring (bicyclic) bond motifs is 1. The van der Waals surface area contributed by atoms with Crippen LogP contribution in [0.5, 0.6) is 0 Å². The number of aromatic amines is 1. The first kappa shape index (κ1) is 5.96. The molecule has 0 aromatic carbocycles. The van der Waals surface area contributed by atoms with Crippen LogP contribution in [0.25, 0.3) is 11.4 Å². The van der Waals surface area contributed by atoms with E-state index in [4.69, 9.17) is 5.21 Å². The molecule has 0 unspecified atom stereocenters. The van der Waals surface area contributed by atoms with Gasteiger partial charge in [-0.2, -0.15) is 10.3 Å². The molecule has 56 valence electrons. The van der Waals surface area contributed by atoms with E-state index in [9.17, 15) is 4.79 Å². The predicted molar refractivity (Wildman–Crippen MR) is 36.7 cm³/mol. The highest BCUT2D eigenvalue weighted by Gasteiger charge is 2.08. The molecule has 2 N–H and O–H groups in total. The zero-order valence-electron chi connectivity index (χ0n) is 5.48. The summed E-state index contributed by atoms with van der Waals surface area (Å²) in [4.78, 5) is 11.5. The van der Waals surface area contributed by atoms with Gasteiger partial charge in [-0.05, 0) is 12.1 Å². The molecule has 0 radical (unpaired) electrons. The summed E-state index contributed by atoms with van der Waals surface area (Å²) in [6, 6.07) is 4.24. The van der Waals surface area contributed by atoms with Crippen molar-refractivity contribution in [3.63, 3.8) is 0 Å². The SMILES string of the molecule is O=c1ccc2n[nH]n(O)c-2c1. The average molecular weight is 151 g/mol.